The standard InChI is InChI=1S/C70H71BN2OSi/c1-66(2,3)44-32-35-59-49(40-44)64-65(74-59)71-54-42-52-53(70(10,11)39-38-69(52,8)9)43-58(54)72(45-33-34-50-51(41-45)68(6,7)37-36-67(50,4)5)56-28-20-29-57(63(56)71)73(64)55-27-21-31-61-62(55)48-26-18-19-30-60(48)75(61,46-22-14-12-15-23-46)47-24-16-13-17-25-47/h12-20,22-30,32-35,40-43H,21,31,36-39H2,1-11H3. The molecule has 0 saturated heterocycles. The van der Waals surface area contributed by atoms with Gasteiger partial charge in [0.05, 0.1) is 11.3 Å². The van der Waals surface area contributed by atoms with Crippen LogP contribution in [0, 0.1) is 0 Å². The van der Waals surface area contributed by atoms with E-state index in [9.17, 15) is 0 Å². The summed E-state index contributed by atoms with van der Waals surface area (Å²) in [6, 6.07) is 59.7. The van der Waals surface area contributed by atoms with Gasteiger partial charge in [0, 0.05) is 39.4 Å². The van der Waals surface area contributed by atoms with Crippen molar-refractivity contribution in [3.8, 4) is 0 Å². The highest BCUT2D eigenvalue weighted by Crippen LogP contribution is 2.55. The second kappa shape index (κ2) is 15.8. The normalized spacial score (nSPS) is 19.8. The molecule has 0 spiro atoms. The Morgan fingerprint density at radius 1 is 0.547 bits per heavy atom. The average molecular weight is 995 g/mol. The lowest BCUT2D eigenvalue weighted by Crippen LogP contribution is -2.67. The van der Waals surface area contributed by atoms with Gasteiger partial charge in [0.2, 0.25) is 0 Å². The molecule has 0 fully saturated rings. The molecule has 4 heterocycles. The molecular weight excluding hydrogens is 924 g/mol. The van der Waals surface area contributed by atoms with Gasteiger partial charge >= 0.3 is 0 Å². The molecule has 0 unspecified atom stereocenters. The molecule has 1 aromatic heterocycles. The molecule has 3 aliphatic heterocycles. The zero-order chi connectivity index (χ0) is 51.8. The molecule has 0 radical (unpaired) electrons. The highest BCUT2D eigenvalue weighted by molar-refractivity contribution is 7.18. The van der Waals surface area contributed by atoms with Gasteiger partial charge in [0.15, 0.2) is 8.07 Å². The van der Waals surface area contributed by atoms with Crippen molar-refractivity contribution in [2.24, 2.45) is 0 Å². The van der Waals surface area contributed by atoms with Gasteiger partial charge in [-0.25, -0.2) is 0 Å². The lowest BCUT2D eigenvalue weighted by atomic mass is 9.35. The van der Waals surface area contributed by atoms with Gasteiger partial charge in [-0.05, 0) is 168 Å². The van der Waals surface area contributed by atoms with Crippen LogP contribution in [-0.4, -0.2) is 14.8 Å². The second-order valence-corrected chi connectivity index (χ2v) is 30.6. The van der Waals surface area contributed by atoms with Crippen LogP contribution in [0.4, 0.5) is 28.4 Å². The van der Waals surface area contributed by atoms with E-state index < -0.39 is 8.07 Å². The van der Waals surface area contributed by atoms with Gasteiger partial charge in [0.1, 0.15) is 5.58 Å². The maximum Gasteiger partial charge on any atom is 0.297 e. The molecular formula is C70H71BN2OSi. The molecule has 0 saturated carbocycles. The van der Waals surface area contributed by atoms with Crippen LogP contribution in [-0.2, 0) is 27.1 Å². The average Bonchev–Trinajstić information content (AvgIpc) is 3.94. The Labute approximate surface area is 447 Å². The first kappa shape index (κ1) is 46.9. The molecule has 0 atom stereocenters. The minimum Gasteiger partial charge on any atom is -0.468 e. The molecule has 3 aliphatic carbocycles. The van der Waals surface area contributed by atoms with Crippen LogP contribution in [0.1, 0.15) is 148 Å². The van der Waals surface area contributed by atoms with Crippen molar-refractivity contribution in [3.63, 3.8) is 0 Å². The molecule has 75 heavy (non-hydrogen) atoms. The predicted octanol–water partition coefficient (Wildman–Crippen LogP) is 14.3. The van der Waals surface area contributed by atoms with Crippen molar-refractivity contribution < 1.29 is 4.42 Å². The largest absolute Gasteiger partial charge is 0.468 e. The summed E-state index contributed by atoms with van der Waals surface area (Å²) in [7, 11) is -2.74. The van der Waals surface area contributed by atoms with Crippen LogP contribution in [0.2, 0.25) is 0 Å². The lowest BCUT2D eigenvalue weighted by molar-refractivity contribution is 0.332. The Hall–Kier alpha value is -6.56. The van der Waals surface area contributed by atoms with Gasteiger partial charge in [-0.1, -0.05) is 197 Å². The second-order valence-electron chi connectivity index (χ2n) is 26.8. The van der Waals surface area contributed by atoms with E-state index in [0.717, 1.165) is 36.9 Å². The summed E-state index contributed by atoms with van der Waals surface area (Å²) in [5.74, 6) is 0. The van der Waals surface area contributed by atoms with E-state index in [1.165, 1.54) is 118 Å². The van der Waals surface area contributed by atoms with Crippen molar-refractivity contribution in [2.75, 3.05) is 9.80 Å². The smallest absolute Gasteiger partial charge is 0.297 e. The zero-order valence-electron chi connectivity index (χ0n) is 46.1. The number of anilines is 5. The van der Waals surface area contributed by atoms with Gasteiger partial charge in [0.25, 0.3) is 6.71 Å². The van der Waals surface area contributed by atoms with E-state index in [1.54, 1.807) is 5.20 Å². The van der Waals surface area contributed by atoms with Crippen molar-refractivity contribution in [1.29, 1.82) is 0 Å². The van der Waals surface area contributed by atoms with E-state index in [0.29, 0.717) is 0 Å². The maximum atomic E-state index is 7.65. The Kier molecular flexibility index (Phi) is 9.86. The van der Waals surface area contributed by atoms with Crippen molar-refractivity contribution >= 4 is 91.9 Å². The summed E-state index contributed by atoms with van der Waals surface area (Å²) in [5, 5.41) is 7.19. The number of hydrogen-bond donors (Lipinski definition) is 0. The van der Waals surface area contributed by atoms with Crippen molar-refractivity contribution in [2.45, 2.75) is 142 Å². The molecule has 8 aromatic rings. The van der Waals surface area contributed by atoms with Crippen LogP contribution in [0.25, 0.3) is 16.5 Å². The third-order valence-corrected chi connectivity index (χ3v) is 24.6. The first-order valence-corrected chi connectivity index (χ1v) is 30.1. The monoisotopic (exact) mass is 995 g/mol. The minimum absolute atomic E-state index is 0.0184. The minimum atomic E-state index is -2.74. The third-order valence-electron chi connectivity index (χ3n) is 19.5. The van der Waals surface area contributed by atoms with E-state index >= 15 is 0 Å². The number of fused-ring (bicyclic) bond motifs is 10. The van der Waals surface area contributed by atoms with E-state index in [1.807, 2.05) is 0 Å². The molecule has 0 amide bonds. The first-order chi connectivity index (χ1) is 35.8. The van der Waals surface area contributed by atoms with Crippen LogP contribution >= 0.6 is 0 Å². The Morgan fingerprint density at radius 3 is 1.79 bits per heavy atom. The molecule has 0 N–H and O–H groups in total. The third kappa shape index (κ3) is 6.52. The summed E-state index contributed by atoms with van der Waals surface area (Å²) in [6.07, 6.45) is 9.24. The van der Waals surface area contributed by atoms with Gasteiger partial charge in [-0.15, -0.1) is 0 Å². The van der Waals surface area contributed by atoms with Gasteiger partial charge in [-0.2, -0.15) is 0 Å². The number of hydrogen-bond acceptors (Lipinski definition) is 3. The maximum absolute atomic E-state index is 7.65. The summed E-state index contributed by atoms with van der Waals surface area (Å²) in [5.41, 5.74) is 22.3. The highest BCUT2D eigenvalue weighted by atomic mass is 28.3. The quantitative estimate of drug-likeness (QED) is 0.164. The van der Waals surface area contributed by atoms with E-state index in [4.69, 9.17) is 4.42 Å². The summed E-state index contributed by atoms with van der Waals surface area (Å²) < 4.78 is 7.65. The number of furan rings is 1. The molecule has 14 rings (SSSR count). The molecule has 374 valence electrons. The Bertz CT molecular complexity index is 3750. The van der Waals surface area contributed by atoms with Gasteiger partial charge in [-0.3, -0.25) is 0 Å². The SMILES string of the molecule is CC(C)(C)c1ccc2oc3c(c2c1)N(C1=CCCC2=C1c1ccccc1[Si]2(c1ccccc1)c1ccccc1)c1cccc2c1B3c1cc3c(cc1N2c1ccc2c(c1)C(C)(C)CCC2(C)C)C(C)(C)CCC3(C)C. The number of nitrogens with zero attached hydrogens (tertiary/aromatic N) is 2. The fourth-order valence-corrected chi connectivity index (χ4v) is 20.7. The molecule has 5 heteroatoms. The fourth-order valence-electron chi connectivity index (χ4n) is 15.2. The predicted molar refractivity (Wildman–Crippen MR) is 322 cm³/mol. The summed E-state index contributed by atoms with van der Waals surface area (Å²) in [4.78, 5) is 5.39. The van der Waals surface area contributed by atoms with Crippen LogP contribution in [0.5, 0.6) is 0 Å². The first-order valence-electron chi connectivity index (χ1n) is 28.1. The van der Waals surface area contributed by atoms with Crippen LogP contribution < -0.4 is 41.9 Å². The number of allylic oxidation sites excluding steroid dienone is 3. The highest BCUT2D eigenvalue weighted by Gasteiger charge is 2.54. The van der Waals surface area contributed by atoms with Crippen LogP contribution in [0.3, 0.4) is 0 Å². The molecule has 0 bridgehead atoms. The Balaban J connectivity index is 1.09. The number of benzene rings is 7. The van der Waals surface area contributed by atoms with Crippen LogP contribution in [0.15, 0.2) is 173 Å². The topological polar surface area (TPSA) is 19.6 Å². The van der Waals surface area contributed by atoms with Crippen molar-refractivity contribution in [1.82, 2.24) is 0 Å². The van der Waals surface area contributed by atoms with E-state index in [-0.39, 0.29) is 33.8 Å². The van der Waals surface area contributed by atoms with Gasteiger partial charge < -0.3 is 14.2 Å². The number of rotatable bonds is 4. The molecule has 6 aliphatic rings. The fraction of sp³-hybridized carbons (Fsp3) is 0.314. The Morgan fingerprint density at radius 2 is 1.13 bits per heavy atom. The lowest BCUT2D eigenvalue weighted by Gasteiger charge is -2.47. The summed E-state index contributed by atoms with van der Waals surface area (Å²) >= 11 is 0. The molecule has 3 nitrogen and oxygen atoms in total. The van der Waals surface area contributed by atoms with Crippen molar-refractivity contribution in [3.05, 3.63) is 202 Å². The zero-order valence-corrected chi connectivity index (χ0v) is 47.1. The molecule has 7 aromatic carbocycles. The van der Waals surface area contributed by atoms with E-state index in [2.05, 4.69) is 244 Å². The summed E-state index contributed by atoms with van der Waals surface area (Å²) in [6.45, 7) is 26.7.